The minimum Gasteiger partial charge on any atom is -0.378 e. The molecule has 27 heavy (non-hydrogen) atoms. The van der Waals surface area contributed by atoms with Crippen LogP contribution in [-0.4, -0.2) is 64.2 Å². The van der Waals surface area contributed by atoms with Crippen LogP contribution in [0, 0.1) is 5.92 Å². The fourth-order valence-corrected chi connectivity index (χ4v) is 5.94. The third-order valence-corrected chi connectivity index (χ3v) is 8.07. The molecule has 0 fully saturated rings. The molecular formula is C20H43N2O3PS. The monoisotopic (exact) mass is 422 g/mol. The van der Waals surface area contributed by atoms with E-state index in [0.29, 0.717) is 49.7 Å². The van der Waals surface area contributed by atoms with Gasteiger partial charge < -0.3 is 9.26 Å². The van der Waals surface area contributed by atoms with Crippen LogP contribution in [0.15, 0.2) is 0 Å². The highest BCUT2D eigenvalue weighted by atomic mass is 32.2. The Kier molecular flexibility index (Phi) is 14.5. The summed E-state index contributed by atoms with van der Waals surface area (Å²) in [5, 5.41) is 0.229. The zero-order valence-corrected chi connectivity index (χ0v) is 20.9. The van der Waals surface area contributed by atoms with Gasteiger partial charge >= 0.3 is 0 Å². The Bertz CT molecular complexity index is 371. The first kappa shape index (κ1) is 27.3. The Morgan fingerprint density at radius 2 is 1.22 bits per heavy atom. The number of hydrogen-bond donors (Lipinski definition) is 0. The second-order valence-corrected chi connectivity index (χ2v) is 10.9. The SMILES string of the molecule is CC(C)C(=O)SCCOCCOP(N(C(C)C)C(C)C)N(C(C)C)C(C)C. The van der Waals surface area contributed by atoms with Crippen molar-refractivity contribution in [1.29, 1.82) is 0 Å². The summed E-state index contributed by atoms with van der Waals surface area (Å²) in [4.78, 5) is 11.6. The summed E-state index contributed by atoms with van der Waals surface area (Å²) in [5.41, 5.74) is 0. The van der Waals surface area contributed by atoms with Crippen molar-refractivity contribution < 1.29 is 14.1 Å². The summed E-state index contributed by atoms with van der Waals surface area (Å²) in [5.74, 6) is 0.790. The van der Waals surface area contributed by atoms with E-state index in [9.17, 15) is 4.79 Å². The van der Waals surface area contributed by atoms with Gasteiger partial charge in [-0.2, -0.15) is 0 Å². The summed E-state index contributed by atoms with van der Waals surface area (Å²) in [6.45, 7) is 23.4. The summed E-state index contributed by atoms with van der Waals surface area (Å²) in [7, 11) is -0.861. The quantitative estimate of drug-likeness (QED) is 0.276. The van der Waals surface area contributed by atoms with Crippen molar-refractivity contribution in [3.63, 3.8) is 0 Å². The summed E-state index contributed by atoms with van der Waals surface area (Å²) in [6, 6.07) is 1.65. The maximum absolute atomic E-state index is 11.6. The number of hydrogen-bond acceptors (Lipinski definition) is 6. The normalized spacial score (nSPS) is 13.0. The largest absolute Gasteiger partial charge is 0.378 e. The average Bonchev–Trinajstić information content (AvgIpc) is 2.51. The molecule has 0 spiro atoms. The van der Waals surface area contributed by atoms with E-state index in [1.807, 2.05) is 13.8 Å². The van der Waals surface area contributed by atoms with Gasteiger partial charge in [0.1, 0.15) is 0 Å². The smallest absolute Gasteiger partial charge is 0.191 e. The molecule has 0 saturated carbocycles. The maximum atomic E-state index is 11.6. The van der Waals surface area contributed by atoms with Crippen molar-refractivity contribution in [1.82, 2.24) is 9.34 Å². The molecule has 162 valence electrons. The van der Waals surface area contributed by atoms with E-state index < -0.39 is 8.45 Å². The van der Waals surface area contributed by atoms with E-state index in [1.165, 1.54) is 11.8 Å². The third-order valence-electron chi connectivity index (χ3n) is 3.89. The van der Waals surface area contributed by atoms with Gasteiger partial charge in [-0.3, -0.25) is 4.79 Å². The summed E-state index contributed by atoms with van der Waals surface area (Å²) >= 11 is 1.36. The number of carbonyl (C=O) groups is 1. The van der Waals surface area contributed by atoms with E-state index in [0.717, 1.165) is 0 Å². The van der Waals surface area contributed by atoms with E-state index in [2.05, 4.69) is 64.7 Å². The topological polar surface area (TPSA) is 42.0 Å². The lowest BCUT2D eigenvalue weighted by Gasteiger charge is -2.45. The molecule has 0 heterocycles. The molecule has 0 radical (unpaired) electrons. The van der Waals surface area contributed by atoms with Crippen molar-refractivity contribution in [3.8, 4) is 0 Å². The lowest BCUT2D eigenvalue weighted by atomic mass is 10.3. The first-order valence-corrected chi connectivity index (χ1v) is 12.4. The van der Waals surface area contributed by atoms with Crippen LogP contribution in [0.5, 0.6) is 0 Å². The van der Waals surface area contributed by atoms with Gasteiger partial charge in [0, 0.05) is 35.8 Å². The molecule has 0 aromatic rings. The average molecular weight is 423 g/mol. The fourth-order valence-electron chi connectivity index (χ4n) is 2.88. The number of rotatable bonds is 14. The van der Waals surface area contributed by atoms with Gasteiger partial charge in [0.15, 0.2) is 13.6 Å². The van der Waals surface area contributed by atoms with Crippen LogP contribution in [0.3, 0.4) is 0 Å². The summed E-state index contributed by atoms with van der Waals surface area (Å²) in [6.07, 6.45) is 0. The number of thioether (sulfide) groups is 1. The molecule has 0 aliphatic rings. The fraction of sp³-hybridized carbons (Fsp3) is 0.950. The highest BCUT2D eigenvalue weighted by Crippen LogP contribution is 2.50. The van der Waals surface area contributed by atoms with Crippen LogP contribution in [0.25, 0.3) is 0 Å². The lowest BCUT2D eigenvalue weighted by molar-refractivity contribution is -0.113. The molecule has 0 aromatic carbocycles. The van der Waals surface area contributed by atoms with Crippen molar-refractivity contribution in [3.05, 3.63) is 0 Å². The molecule has 0 rings (SSSR count). The first-order chi connectivity index (χ1) is 12.5. The van der Waals surface area contributed by atoms with Crippen molar-refractivity contribution >= 4 is 25.3 Å². The molecule has 7 heteroatoms. The second-order valence-electron chi connectivity index (χ2n) is 8.16. The molecule has 5 nitrogen and oxygen atoms in total. The minimum atomic E-state index is -0.861. The zero-order valence-electron chi connectivity index (χ0n) is 19.2. The highest BCUT2D eigenvalue weighted by molar-refractivity contribution is 8.13. The minimum absolute atomic E-state index is 0.0815. The van der Waals surface area contributed by atoms with Crippen LogP contribution < -0.4 is 0 Å². The lowest BCUT2D eigenvalue weighted by Crippen LogP contribution is -2.43. The number of carbonyl (C=O) groups excluding carboxylic acids is 1. The molecule has 0 aromatic heterocycles. The van der Waals surface area contributed by atoms with Crippen LogP contribution >= 0.6 is 20.2 Å². The summed E-state index contributed by atoms with van der Waals surface area (Å²) < 4.78 is 17.0. The number of nitrogens with zero attached hydrogens (tertiary/aromatic N) is 2. The van der Waals surface area contributed by atoms with E-state index >= 15 is 0 Å². The molecule has 0 aliphatic heterocycles. The van der Waals surface area contributed by atoms with Gasteiger partial charge in [-0.15, -0.1) is 0 Å². The first-order valence-electron chi connectivity index (χ1n) is 10.2. The van der Waals surface area contributed by atoms with Crippen LogP contribution in [0.1, 0.15) is 69.2 Å². The molecule has 0 aliphatic carbocycles. The predicted molar refractivity (Wildman–Crippen MR) is 120 cm³/mol. The van der Waals surface area contributed by atoms with Gasteiger partial charge in [0.25, 0.3) is 0 Å². The molecular weight excluding hydrogens is 379 g/mol. The predicted octanol–water partition coefficient (Wildman–Crippen LogP) is 5.40. The van der Waals surface area contributed by atoms with E-state index in [4.69, 9.17) is 9.26 Å². The zero-order chi connectivity index (χ0) is 21.1. The number of ether oxygens (including phenoxy) is 1. The van der Waals surface area contributed by atoms with Gasteiger partial charge in [-0.25, -0.2) is 9.34 Å². The molecule has 0 unspecified atom stereocenters. The Balaban J connectivity index is 4.67. The van der Waals surface area contributed by atoms with Gasteiger partial charge in [-0.05, 0) is 55.4 Å². The van der Waals surface area contributed by atoms with Gasteiger partial charge in [-0.1, -0.05) is 25.6 Å². The van der Waals surface area contributed by atoms with Crippen molar-refractivity contribution in [2.45, 2.75) is 93.4 Å². The molecule has 0 bridgehead atoms. The van der Waals surface area contributed by atoms with Crippen LogP contribution in [0.2, 0.25) is 0 Å². The molecule has 0 saturated heterocycles. The Hall–Kier alpha value is 0.290. The Labute approximate surface area is 173 Å². The second kappa shape index (κ2) is 14.3. The van der Waals surface area contributed by atoms with Crippen molar-refractivity contribution in [2.75, 3.05) is 25.6 Å². The van der Waals surface area contributed by atoms with E-state index in [-0.39, 0.29) is 11.0 Å². The molecule has 0 atom stereocenters. The van der Waals surface area contributed by atoms with Gasteiger partial charge in [0.2, 0.25) is 0 Å². The third kappa shape index (κ3) is 10.6. The standard InChI is InChI=1S/C20H43N2O3PS/c1-15(2)20(23)27-14-13-24-11-12-25-26(21(16(3)4)17(5)6)22(18(7)8)19(9)10/h15-19H,11-14H2,1-10H3. The Morgan fingerprint density at radius 3 is 1.59 bits per heavy atom. The Morgan fingerprint density at radius 1 is 0.778 bits per heavy atom. The maximum Gasteiger partial charge on any atom is 0.191 e. The van der Waals surface area contributed by atoms with Crippen molar-refractivity contribution in [2.24, 2.45) is 5.92 Å². The molecule has 0 N–H and O–H groups in total. The highest BCUT2D eigenvalue weighted by Gasteiger charge is 2.34. The van der Waals surface area contributed by atoms with E-state index in [1.54, 1.807) is 0 Å². The van der Waals surface area contributed by atoms with Gasteiger partial charge in [0.05, 0.1) is 19.8 Å². The van der Waals surface area contributed by atoms with Crippen LogP contribution in [-0.2, 0) is 14.1 Å². The van der Waals surface area contributed by atoms with Crippen LogP contribution in [0.4, 0.5) is 0 Å². The molecule has 0 amide bonds.